The summed E-state index contributed by atoms with van der Waals surface area (Å²) >= 11 is 0. The van der Waals surface area contributed by atoms with Gasteiger partial charge in [-0.1, -0.05) is 0 Å². The van der Waals surface area contributed by atoms with E-state index < -0.39 is 20.6 Å². The lowest BCUT2D eigenvalue weighted by Crippen LogP contribution is -2.33. The second-order valence-electron chi connectivity index (χ2n) is 4.38. The van der Waals surface area contributed by atoms with Gasteiger partial charge in [-0.3, -0.25) is 16.0 Å². The first-order chi connectivity index (χ1) is 9.81. The number of nitro benzene ring substituents is 1. The topological polar surface area (TPSA) is 137 Å². The van der Waals surface area contributed by atoms with E-state index in [-0.39, 0.29) is 16.6 Å². The second-order valence-corrected chi connectivity index (χ2v) is 6.10. The largest absolute Gasteiger partial charge is 0.385 e. The van der Waals surface area contributed by atoms with Crippen LogP contribution in [0.1, 0.15) is 13.3 Å². The molecule has 0 fully saturated rings. The number of nitrogens with zero attached hydrogens (tertiary/aromatic N) is 1. The summed E-state index contributed by atoms with van der Waals surface area (Å²) in [4.78, 5) is 10.00. The van der Waals surface area contributed by atoms with Gasteiger partial charge in [0, 0.05) is 25.8 Å². The van der Waals surface area contributed by atoms with Crippen molar-refractivity contribution in [1.29, 1.82) is 0 Å². The molecule has 0 saturated carbocycles. The van der Waals surface area contributed by atoms with Crippen LogP contribution in [0, 0.1) is 10.1 Å². The Labute approximate surface area is 122 Å². The number of nitro groups is 1. The van der Waals surface area contributed by atoms with Gasteiger partial charge in [0.05, 0.1) is 9.82 Å². The molecule has 10 heteroatoms. The van der Waals surface area contributed by atoms with Crippen molar-refractivity contribution in [1.82, 2.24) is 4.72 Å². The summed E-state index contributed by atoms with van der Waals surface area (Å²) in [5.41, 5.74) is 1.77. The van der Waals surface area contributed by atoms with Gasteiger partial charge < -0.3 is 10.2 Å². The van der Waals surface area contributed by atoms with E-state index in [2.05, 4.69) is 10.1 Å². The van der Waals surface area contributed by atoms with Crippen LogP contribution >= 0.6 is 0 Å². The Kier molecular flexibility index (Phi) is 6.03. The quantitative estimate of drug-likeness (QED) is 0.362. The van der Waals surface area contributed by atoms with Crippen molar-refractivity contribution in [2.75, 3.05) is 19.1 Å². The molecule has 0 aliphatic carbocycles. The van der Waals surface area contributed by atoms with Crippen molar-refractivity contribution in [2.24, 2.45) is 5.84 Å². The minimum Gasteiger partial charge on any atom is -0.385 e. The molecule has 0 aromatic heterocycles. The minimum absolute atomic E-state index is 0.0337. The van der Waals surface area contributed by atoms with E-state index in [0.29, 0.717) is 13.0 Å². The van der Waals surface area contributed by atoms with E-state index >= 15 is 0 Å². The van der Waals surface area contributed by atoms with Crippen LogP contribution in [0.3, 0.4) is 0 Å². The molecule has 0 amide bonds. The van der Waals surface area contributed by atoms with Crippen LogP contribution in [-0.4, -0.2) is 33.1 Å². The molecule has 1 unspecified atom stereocenters. The first kappa shape index (κ1) is 17.3. The molecule has 0 aliphatic rings. The minimum atomic E-state index is -3.85. The first-order valence-corrected chi connectivity index (χ1v) is 7.56. The van der Waals surface area contributed by atoms with Crippen LogP contribution in [0.5, 0.6) is 0 Å². The predicted octanol–water partition coefficient (Wildman–Crippen LogP) is 0.584. The molecule has 1 rings (SSSR count). The van der Waals surface area contributed by atoms with Crippen LogP contribution in [0.25, 0.3) is 0 Å². The Morgan fingerprint density at radius 1 is 1.48 bits per heavy atom. The zero-order chi connectivity index (χ0) is 16.0. The average Bonchev–Trinajstić information content (AvgIpc) is 2.43. The van der Waals surface area contributed by atoms with Gasteiger partial charge in [0.15, 0.2) is 0 Å². The number of hydrogen-bond acceptors (Lipinski definition) is 7. The molecule has 0 bridgehead atoms. The van der Waals surface area contributed by atoms with Crippen molar-refractivity contribution in [3.63, 3.8) is 0 Å². The Bertz CT molecular complexity index is 605. The lowest BCUT2D eigenvalue weighted by molar-refractivity contribution is -0.384. The van der Waals surface area contributed by atoms with Crippen LogP contribution in [-0.2, 0) is 14.8 Å². The maximum Gasteiger partial charge on any atom is 0.294 e. The van der Waals surface area contributed by atoms with Crippen LogP contribution in [0.4, 0.5) is 11.4 Å². The van der Waals surface area contributed by atoms with E-state index in [0.717, 1.165) is 6.07 Å². The molecule has 4 N–H and O–H groups in total. The fourth-order valence-electron chi connectivity index (χ4n) is 1.64. The average molecular weight is 318 g/mol. The molecule has 0 saturated heterocycles. The third kappa shape index (κ3) is 4.63. The van der Waals surface area contributed by atoms with E-state index in [1.807, 2.05) is 0 Å². The number of anilines is 1. The van der Waals surface area contributed by atoms with Crippen molar-refractivity contribution < 1.29 is 18.1 Å². The fraction of sp³-hybridized carbons (Fsp3) is 0.455. The number of ether oxygens (including phenoxy) is 1. The molecular formula is C11H18N4O5S. The fourth-order valence-corrected chi connectivity index (χ4v) is 2.94. The summed E-state index contributed by atoms with van der Waals surface area (Å²) in [6.07, 6.45) is 0.486. The third-order valence-electron chi connectivity index (χ3n) is 2.74. The Balaban J connectivity index is 3.03. The molecule has 1 aromatic carbocycles. The molecule has 21 heavy (non-hydrogen) atoms. The van der Waals surface area contributed by atoms with E-state index in [1.54, 1.807) is 6.92 Å². The van der Waals surface area contributed by atoms with Crippen molar-refractivity contribution in [2.45, 2.75) is 24.3 Å². The summed E-state index contributed by atoms with van der Waals surface area (Å²) < 4.78 is 31.6. The number of benzene rings is 1. The lowest BCUT2D eigenvalue weighted by Gasteiger charge is -2.14. The van der Waals surface area contributed by atoms with Gasteiger partial charge in [-0.25, -0.2) is 13.1 Å². The molecule has 0 heterocycles. The maximum absolute atomic E-state index is 12.2. The highest BCUT2D eigenvalue weighted by Gasteiger charge is 2.22. The summed E-state index contributed by atoms with van der Waals surface area (Å²) in [7, 11) is -2.33. The lowest BCUT2D eigenvalue weighted by atomic mass is 10.3. The number of rotatable bonds is 8. The van der Waals surface area contributed by atoms with Crippen LogP contribution in [0.15, 0.2) is 23.1 Å². The number of hydrogen-bond donors (Lipinski definition) is 3. The molecule has 0 spiro atoms. The Morgan fingerprint density at radius 2 is 2.14 bits per heavy atom. The van der Waals surface area contributed by atoms with Gasteiger partial charge in [-0.05, 0) is 25.5 Å². The number of sulfonamides is 1. The Hall–Kier alpha value is -1.75. The highest BCUT2D eigenvalue weighted by molar-refractivity contribution is 7.89. The number of hydrazine groups is 1. The van der Waals surface area contributed by atoms with Crippen molar-refractivity contribution >= 4 is 21.4 Å². The zero-order valence-electron chi connectivity index (χ0n) is 11.7. The molecule has 0 aliphatic heterocycles. The number of nitrogens with two attached hydrogens (primary N) is 1. The summed E-state index contributed by atoms with van der Waals surface area (Å²) in [6.45, 7) is 2.08. The Morgan fingerprint density at radius 3 is 2.67 bits per heavy atom. The van der Waals surface area contributed by atoms with Gasteiger partial charge in [0.25, 0.3) is 5.69 Å². The molecule has 9 nitrogen and oxygen atoms in total. The van der Waals surface area contributed by atoms with E-state index in [4.69, 9.17) is 10.6 Å². The predicted molar refractivity (Wildman–Crippen MR) is 77.2 cm³/mol. The molecular weight excluding hydrogens is 300 g/mol. The van der Waals surface area contributed by atoms with Crippen molar-refractivity contribution in [3.05, 3.63) is 28.3 Å². The molecule has 1 atom stereocenters. The smallest absolute Gasteiger partial charge is 0.294 e. The molecule has 0 radical (unpaired) electrons. The highest BCUT2D eigenvalue weighted by atomic mass is 32.2. The van der Waals surface area contributed by atoms with E-state index in [1.165, 1.54) is 19.2 Å². The first-order valence-electron chi connectivity index (χ1n) is 6.08. The monoisotopic (exact) mass is 318 g/mol. The van der Waals surface area contributed by atoms with Gasteiger partial charge in [-0.15, -0.1) is 0 Å². The normalized spacial score (nSPS) is 12.9. The zero-order valence-corrected chi connectivity index (χ0v) is 12.5. The molecule has 1 aromatic rings. The third-order valence-corrected chi connectivity index (χ3v) is 4.33. The number of nitrogens with one attached hydrogen (secondary N) is 2. The van der Waals surface area contributed by atoms with Gasteiger partial charge >= 0.3 is 0 Å². The molecule has 118 valence electrons. The van der Waals surface area contributed by atoms with Gasteiger partial charge in [0.1, 0.15) is 5.69 Å². The SMILES string of the molecule is COCCC(C)NS(=O)(=O)c1ccc(NN)c([N+](=O)[O-])c1. The summed E-state index contributed by atoms with van der Waals surface area (Å²) in [6, 6.07) is 3.09. The van der Waals surface area contributed by atoms with Gasteiger partial charge in [0.2, 0.25) is 10.0 Å². The van der Waals surface area contributed by atoms with Crippen LogP contribution in [0.2, 0.25) is 0 Å². The van der Waals surface area contributed by atoms with E-state index in [9.17, 15) is 18.5 Å². The maximum atomic E-state index is 12.2. The summed E-state index contributed by atoms with van der Waals surface area (Å²) in [5, 5.41) is 10.9. The highest BCUT2D eigenvalue weighted by Crippen LogP contribution is 2.26. The van der Waals surface area contributed by atoms with Gasteiger partial charge in [-0.2, -0.15) is 0 Å². The number of methoxy groups -OCH3 is 1. The van der Waals surface area contributed by atoms with Crippen LogP contribution < -0.4 is 16.0 Å². The standard InChI is InChI=1S/C11H18N4O5S/c1-8(5-6-20-2)14-21(18,19)9-3-4-10(13-12)11(7-9)15(16)17/h3-4,7-8,13-14H,5-6,12H2,1-2H3. The second kappa shape index (κ2) is 7.31. The number of nitrogen functional groups attached to an aromatic ring is 1. The summed E-state index contributed by atoms with van der Waals surface area (Å²) in [5.74, 6) is 5.15. The van der Waals surface area contributed by atoms with Crippen molar-refractivity contribution in [3.8, 4) is 0 Å².